The van der Waals surface area contributed by atoms with Gasteiger partial charge in [0.15, 0.2) is 5.96 Å². The van der Waals surface area contributed by atoms with E-state index in [0.29, 0.717) is 0 Å². The van der Waals surface area contributed by atoms with Gasteiger partial charge in [0.2, 0.25) is 0 Å². The minimum Gasteiger partial charge on any atom is -0.357 e. The molecule has 0 aromatic rings. The topological polar surface area (TPSA) is 39.7 Å². The molecule has 0 spiro atoms. The van der Waals surface area contributed by atoms with Crippen LogP contribution in [-0.4, -0.2) is 61.1 Å². The van der Waals surface area contributed by atoms with Gasteiger partial charge in [-0.2, -0.15) is 11.8 Å². The highest BCUT2D eigenvalue weighted by Crippen LogP contribution is 2.20. The Labute approximate surface area is 129 Å². The van der Waals surface area contributed by atoms with Crippen LogP contribution in [0.2, 0.25) is 0 Å². The van der Waals surface area contributed by atoms with Crippen LogP contribution in [0.15, 0.2) is 4.99 Å². The molecule has 1 saturated heterocycles. The molecule has 5 heteroatoms. The zero-order valence-electron chi connectivity index (χ0n) is 13.7. The molecule has 0 radical (unpaired) electrons. The van der Waals surface area contributed by atoms with Gasteiger partial charge in [-0.05, 0) is 53.0 Å². The fourth-order valence-corrected chi connectivity index (χ4v) is 2.79. The van der Waals surface area contributed by atoms with Gasteiger partial charge < -0.3 is 10.6 Å². The van der Waals surface area contributed by atoms with Gasteiger partial charge in [-0.3, -0.25) is 9.89 Å². The maximum atomic E-state index is 4.78. The van der Waals surface area contributed by atoms with Crippen LogP contribution >= 0.6 is 11.8 Å². The van der Waals surface area contributed by atoms with Gasteiger partial charge in [-0.25, -0.2) is 0 Å². The third-order valence-electron chi connectivity index (χ3n) is 3.78. The summed E-state index contributed by atoms with van der Waals surface area (Å²) < 4.78 is 0. The fraction of sp³-hybridized carbons (Fsp3) is 0.933. The van der Waals surface area contributed by atoms with Crippen molar-refractivity contribution >= 4 is 17.7 Å². The van der Waals surface area contributed by atoms with Crippen LogP contribution in [0, 0.1) is 0 Å². The average molecular weight is 301 g/mol. The smallest absolute Gasteiger partial charge is 0.191 e. The summed E-state index contributed by atoms with van der Waals surface area (Å²) in [5.74, 6) is 2.06. The van der Waals surface area contributed by atoms with E-state index in [-0.39, 0.29) is 5.54 Å². The van der Waals surface area contributed by atoms with Crippen molar-refractivity contribution in [3.05, 3.63) is 0 Å². The molecule has 0 unspecified atom stereocenters. The number of piperidine rings is 1. The summed E-state index contributed by atoms with van der Waals surface area (Å²) in [5.41, 5.74) is 0.155. The summed E-state index contributed by atoms with van der Waals surface area (Å²) in [6, 6.07) is 0. The number of hydrogen-bond donors (Lipinski definition) is 2. The predicted molar refractivity (Wildman–Crippen MR) is 91.9 cm³/mol. The number of hydrogen-bond acceptors (Lipinski definition) is 3. The van der Waals surface area contributed by atoms with Gasteiger partial charge in [-0.1, -0.05) is 6.42 Å². The predicted octanol–water partition coefficient (Wildman–Crippen LogP) is 2.17. The van der Waals surface area contributed by atoms with Crippen molar-refractivity contribution in [2.75, 3.05) is 44.7 Å². The molecule has 0 atom stereocenters. The molecule has 0 aliphatic carbocycles. The van der Waals surface area contributed by atoms with Crippen LogP contribution in [0.4, 0.5) is 0 Å². The molecule has 1 fully saturated rings. The van der Waals surface area contributed by atoms with Crippen LogP contribution in [0.25, 0.3) is 0 Å². The Morgan fingerprint density at radius 1 is 1.20 bits per heavy atom. The highest BCUT2D eigenvalue weighted by molar-refractivity contribution is 7.98. The molecule has 1 aliphatic rings. The summed E-state index contributed by atoms with van der Waals surface area (Å²) in [5, 5.41) is 6.72. The molecule has 0 saturated carbocycles. The number of nitrogens with zero attached hydrogens (tertiary/aromatic N) is 2. The molecule has 0 amide bonds. The number of aliphatic imine (C=N–C) groups is 1. The van der Waals surface area contributed by atoms with Gasteiger partial charge in [-0.15, -0.1) is 0 Å². The van der Waals surface area contributed by atoms with Gasteiger partial charge in [0.05, 0.1) is 6.54 Å². The van der Waals surface area contributed by atoms with Crippen molar-refractivity contribution in [2.24, 2.45) is 4.99 Å². The number of likely N-dealkylation sites (tertiary alicyclic amines) is 1. The minimum absolute atomic E-state index is 0.155. The third kappa shape index (κ3) is 6.35. The Bertz CT molecular complexity index is 286. The van der Waals surface area contributed by atoms with Crippen LogP contribution in [0.3, 0.4) is 0 Å². The number of guanidine groups is 1. The lowest BCUT2D eigenvalue weighted by atomic mass is 9.99. The highest BCUT2D eigenvalue weighted by atomic mass is 32.2. The first-order valence-electron chi connectivity index (χ1n) is 7.86. The minimum atomic E-state index is 0.155. The number of nitrogens with one attached hydrogen (secondary N) is 2. The quantitative estimate of drug-likeness (QED) is 0.429. The summed E-state index contributed by atoms with van der Waals surface area (Å²) in [6.45, 7) is 11.9. The molecule has 0 aromatic carbocycles. The molecule has 20 heavy (non-hydrogen) atoms. The number of thioether (sulfide) groups is 1. The van der Waals surface area contributed by atoms with Crippen LogP contribution in [0.5, 0.6) is 0 Å². The normalized spacial score (nSPS) is 18.1. The van der Waals surface area contributed by atoms with E-state index in [1.807, 2.05) is 11.8 Å². The van der Waals surface area contributed by atoms with Crippen molar-refractivity contribution in [3.8, 4) is 0 Å². The summed E-state index contributed by atoms with van der Waals surface area (Å²) in [6.07, 6.45) is 6.18. The van der Waals surface area contributed by atoms with E-state index in [1.165, 1.54) is 32.4 Å². The van der Waals surface area contributed by atoms with Crippen LogP contribution in [0.1, 0.15) is 40.0 Å². The van der Waals surface area contributed by atoms with E-state index in [2.05, 4.69) is 42.6 Å². The third-order valence-corrected chi connectivity index (χ3v) is 4.39. The lowest BCUT2D eigenvalue weighted by Gasteiger charge is -2.40. The molecule has 1 aliphatic heterocycles. The van der Waals surface area contributed by atoms with Crippen molar-refractivity contribution in [1.82, 2.24) is 15.5 Å². The second kappa shape index (κ2) is 9.50. The molecule has 118 valence electrons. The van der Waals surface area contributed by atoms with Gasteiger partial charge in [0.25, 0.3) is 0 Å². The first kappa shape index (κ1) is 17.6. The first-order chi connectivity index (χ1) is 9.60. The molecule has 0 aromatic heterocycles. The lowest BCUT2D eigenvalue weighted by molar-refractivity contribution is 0.102. The zero-order valence-corrected chi connectivity index (χ0v) is 14.5. The molecule has 1 rings (SSSR count). The second-order valence-corrected chi connectivity index (χ2v) is 6.96. The molecular weight excluding hydrogens is 268 g/mol. The summed E-state index contributed by atoms with van der Waals surface area (Å²) in [7, 11) is 0. The Morgan fingerprint density at radius 2 is 1.90 bits per heavy atom. The van der Waals surface area contributed by atoms with Crippen LogP contribution < -0.4 is 10.6 Å². The van der Waals surface area contributed by atoms with Gasteiger partial charge in [0.1, 0.15) is 0 Å². The standard InChI is InChI=1S/C15H32N4S/c1-5-16-14(17-9-12-20-4)18-13-15(2,3)19-10-7-6-8-11-19/h5-13H2,1-4H3,(H2,16,17,18). The molecular formula is C15H32N4S. The highest BCUT2D eigenvalue weighted by Gasteiger charge is 2.27. The van der Waals surface area contributed by atoms with Gasteiger partial charge >= 0.3 is 0 Å². The van der Waals surface area contributed by atoms with E-state index in [0.717, 1.165) is 31.3 Å². The molecule has 0 bridgehead atoms. The van der Waals surface area contributed by atoms with E-state index in [9.17, 15) is 0 Å². The molecule has 4 nitrogen and oxygen atoms in total. The SMILES string of the molecule is CCNC(=NCC(C)(C)N1CCCCC1)NCCSC. The van der Waals surface area contributed by atoms with Crippen molar-refractivity contribution in [1.29, 1.82) is 0 Å². The molecule has 1 heterocycles. The maximum absolute atomic E-state index is 4.78. The average Bonchev–Trinajstić information content (AvgIpc) is 2.46. The maximum Gasteiger partial charge on any atom is 0.191 e. The second-order valence-electron chi connectivity index (χ2n) is 5.97. The molecule has 2 N–H and O–H groups in total. The zero-order chi connectivity index (χ0) is 14.8. The number of rotatable bonds is 7. The Morgan fingerprint density at radius 3 is 2.50 bits per heavy atom. The summed E-state index contributed by atoms with van der Waals surface area (Å²) >= 11 is 1.85. The lowest BCUT2D eigenvalue weighted by Crippen LogP contribution is -2.49. The fourth-order valence-electron chi connectivity index (χ4n) is 2.49. The van der Waals surface area contributed by atoms with Crippen molar-refractivity contribution < 1.29 is 0 Å². The van der Waals surface area contributed by atoms with Gasteiger partial charge in [0, 0.05) is 24.4 Å². The monoisotopic (exact) mass is 300 g/mol. The van der Waals surface area contributed by atoms with E-state index < -0.39 is 0 Å². The van der Waals surface area contributed by atoms with E-state index in [1.54, 1.807) is 0 Å². The Balaban J connectivity index is 2.49. The summed E-state index contributed by atoms with van der Waals surface area (Å²) in [4.78, 5) is 7.36. The van der Waals surface area contributed by atoms with Crippen LogP contribution in [-0.2, 0) is 0 Å². The van der Waals surface area contributed by atoms with E-state index >= 15 is 0 Å². The Kier molecular flexibility index (Phi) is 8.38. The van der Waals surface area contributed by atoms with Crippen molar-refractivity contribution in [3.63, 3.8) is 0 Å². The first-order valence-corrected chi connectivity index (χ1v) is 9.25. The largest absolute Gasteiger partial charge is 0.357 e. The Hall–Kier alpha value is -0.420. The van der Waals surface area contributed by atoms with Crippen molar-refractivity contribution in [2.45, 2.75) is 45.6 Å². The van der Waals surface area contributed by atoms with E-state index in [4.69, 9.17) is 4.99 Å².